The van der Waals surface area contributed by atoms with Crippen molar-refractivity contribution >= 4 is 17.5 Å². The Hall–Kier alpha value is -2.09. The number of aromatic nitrogens is 1. The molecule has 1 aromatic heterocycles. The lowest BCUT2D eigenvalue weighted by Gasteiger charge is -2.50. The number of fused-ring (bicyclic) bond motifs is 3. The second-order valence-electron chi connectivity index (χ2n) is 7.26. The lowest BCUT2D eigenvalue weighted by Crippen LogP contribution is -2.63. The summed E-state index contributed by atoms with van der Waals surface area (Å²) in [5.74, 6) is 0.531. The first-order valence-electron chi connectivity index (χ1n) is 9.02. The van der Waals surface area contributed by atoms with Gasteiger partial charge in [0.25, 0.3) is 5.91 Å². The van der Waals surface area contributed by atoms with Gasteiger partial charge < -0.3 is 24.6 Å². The minimum atomic E-state index is -0.884. The van der Waals surface area contributed by atoms with Crippen molar-refractivity contribution in [2.75, 3.05) is 33.3 Å². The minimum Gasteiger partial charge on any atom is -0.497 e. The van der Waals surface area contributed by atoms with Crippen molar-refractivity contribution in [3.8, 4) is 17.0 Å². The van der Waals surface area contributed by atoms with Crippen molar-refractivity contribution in [1.82, 2.24) is 15.4 Å². The highest BCUT2D eigenvalue weighted by molar-refractivity contribution is 6.33. The molecule has 0 saturated carbocycles. The van der Waals surface area contributed by atoms with E-state index in [1.807, 2.05) is 0 Å². The number of ether oxygens (including phenoxy) is 1. The standard InChI is InChI=1S/C19H22ClN3O4/c1-26-13-2-3-15(20)14(8-13)16-9-17(27-22-16)18(24)21-10-19(25)11-23-6-4-12(19)5-7-23/h2-3,8-9,12,25H,4-7,10-11H2,1H3,(H,21,24). The van der Waals surface area contributed by atoms with Crippen LogP contribution in [0.5, 0.6) is 5.75 Å². The van der Waals surface area contributed by atoms with Crippen molar-refractivity contribution in [3.63, 3.8) is 0 Å². The molecule has 1 atom stereocenters. The molecule has 0 radical (unpaired) electrons. The summed E-state index contributed by atoms with van der Waals surface area (Å²) in [6, 6.07) is 6.72. The van der Waals surface area contributed by atoms with E-state index in [1.54, 1.807) is 25.3 Å². The highest BCUT2D eigenvalue weighted by Crippen LogP contribution is 2.35. The average molecular weight is 392 g/mol. The first-order valence-corrected chi connectivity index (χ1v) is 9.40. The molecule has 1 amide bonds. The molecule has 5 rings (SSSR count). The number of halogens is 1. The van der Waals surface area contributed by atoms with E-state index in [1.165, 1.54) is 6.07 Å². The number of hydrogen-bond acceptors (Lipinski definition) is 6. The third-order valence-electron chi connectivity index (χ3n) is 5.58. The molecule has 2 N–H and O–H groups in total. The van der Waals surface area contributed by atoms with Crippen LogP contribution in [0.3, 0.4) is 0 Å². The smallest absolute Gasteiger partial charge is 0.290 e. The van der Waals surface area contributed by atoms with Crippen molar-refractivity contribution < 1.29 is 19.2 Å². The molecule has 7 nitrogen and oxygen atoms in total. The summed E-state index contributed by atoms with van der Waals surface area (Å²) in [5.41, 5.74) is 0.186. The fraction of sp³-hybridized carbons (Fsp3) is 0.474. The van der Waals surface area contributed by atoms with Gasteiger partial charge in [-0.2, -0.15) is 0 Å². The summed E-state index contributed by atoms with van der Waals surface area (Å²) in [7, 11) is 1.56. The summed E-state index contributed by atoms with van der Waals surface area (Å²) in [6.45, 7) is 2.84. The Kier molecular flexibility index (Phi) is 4.84. The van der Waals surface area contributed by atoms with Gasteiger partial charge >= 0.3 is 0 Å². The number of piperidine rings is 3. The summed E-state index contributed by atoms with van der Waals surface area (Å²) in [5, 5.41) is 18.1. The lowest BCUT2D eigenvalue weighted by molar-refractivity contribution is -0.108. The summed E-state index contributed by atoms with van der Waals surface area (Å²) < 4.78 is 10.4. The molecule has 27 heavy (non-hydrogen) atoms. The Balaban J connectivity index is 1.45. The van der Waals surface area contributed by atoms with E-state index in [4.69, 9.17) is 20.9 Å². The molecule has 3 aliphatic rings. The maximum Gasteiger partial charge on any atom is 0.290 e. The molecule has 8 heteroatoms. The van der Waals surface area contributed by atoms with Crippen LogP contribution in [-0.4, -0.2) is 60.0 Å². The quantitative estimate of drug-likeness (QED) is 0.812. The molecule has 2 bridgehead atoms. The maximum absolute atomic E-state index is 12.5. The number of rotatable bonds is 5. The van der Waals surface area contributed by atoms with E-state index in [2.05, 4.69) is 15.4 Å². The molecule has 3 fully saturated rings. The van der Waals surface area contributed by atoms with Crippen LogP contribution in [0.2, 0.25) is 5.02 Å². The Labute approximate surface area is 162 Å². The van der Waals surface area contributed by atoms with Crippen LogP contribution < -0.4 is 10.1 Å². The van der Waals surface area contributed by atoms with Crippen molar-refractivity contribution in [2.45, 2.75) is 18.4 Å². The second-order valence-corrected chi connectivity index (χ2v) is 7.67. The summed E-state index contributed by atoms with van der Waals surface area (Å²) in [6.07, 6.45) is 1.93. The van der Waals surface area contributed by atoms with Gasteiger partial charge in [-0.3, -0.25) is 4.79 Å². The first kappa shape index (κ1) is 18.3. The number of carbonyl (C=O) groups is 1. The average Bonchev–Trinajstić information content (AvgIpc) is 3.17. The third kappa shape index (κ3) is 3.54. The van der Waals surface area contributed by atoms with E-state index >= 15 is 0 Å². The van der Waals surface area contributed by atoms with Gasteiger partial charge in [-0.15, -0.1) is 0 Å². The van der Waals surface area contributed by atoms with E-state index in [-0.39, 0.29) is 18.2 Å². The van der Waals surface area contributed by atoms with E-state index in [9.17, 15) is 9.90 Å². The zero-order valence-corrected chi connectivity index (χ0v) is 15.8. The number of aliphatic hydroxyl groups is 1. The zero-order chi connectivity index (χ0) is 19.0. The molecule has 3 aliphatic heterocycles. The molecule has 1 aromatic carbocycles. The van der Waals surface area contributed by atoms with Gasteiger partial charge in [0.1, 0.15) is 11.4 Å². The van der Waals surface area contributed by atoms with Gasteiger partial charge in [0, 0.05) is 24.7 Å². The Bertz CT molecular complexity index is 847. The maximum atomic E-state index is 12.5. The Morgan fingerprint density at radius 1 is 1.44 bits per heavy atom. The zero-order valence-electron chi connectivity index (χ0n) is 15.1. The first-order chi connectivity index (χ1) is 13.0. The van der Waals surface area contributed by atoms with Crippen LogP contribution in [0.4, 0.5) is 0 Å². The van der Waals surface area contributed by atoms with Crippen LogP contribution in [0.1, 0.15) is 23.4 Å². The second kappa shape index (κ2) is 7.14. The predicted molar refractivity (Wildman–Crippen MR) is 99.9 cm³/mol. The Morgan fingerprint density at radius 3 is 2.89 bits per heavy atom. The number of nitrogens with zero attached hydrogens (tertiary/aromatic N) is 2. The normalized spacial score (nSPS) is 26.8. The minimum absolute atomic E-state index is 0.0776. The molecule has 1 unspecified atom stereocenters. The molecule has 3 saturated heterocycles. The fourth-order valence-electron chi connectivity index (χ4n) is 4.00. The van der Waals surface area contributed by atoms with E-state index in [0.717, 1.165) is 25.9 Å². The van der Waals surface area contributed by atoms with Gasteiger partial charge in [0.15, 0.2) is 0 Å². The molecule has 0 aliphatic carbocycles. The van der Waals surface area contributed by atoms with Crippen LogP contribution in [0, 0.1) is 5.92 Å². The van der Waals surface area contributed by atoms with Gasteiger partial charge in [-0.05, 0) is 50.0 Å². The fourth-order valence-corrected chi connectivity index (χ4v) is 4.22. The Morgan fingerprint density at radius 2 is 2.22 bits per heavy atom. The van der Waals surface area contributed by atoms with E-state index < -0.39 is 11.5 Å². The number of carbonyl (C=O) groups excluding carboxylic acids is 1. The monoisotopic (exact) mass is 391 g/mol. The molecule has 144 valence electrons. The molecule has 0 spiro atoms. The summed E-state index contributed by atoms with van der Waals surface area (Å²) in [4.78, 5) is 14.7. The number of methoxy groups -OCH3 is 1. The number of amides is 1. The van der Waals surface area contributed by atoms with Gasteiger partial charge in [-0.25, -0.2) is 0 Å². The molecule has 2 aromatic rings. The van der Waals surface area contributed by atoms with Crippen molar-refractivity contribution in [2.24, 2.45) is 5.92 Å². The van der Waals surface area contributed by atoms with Crippen molar-refractivity contribution in [3.05, 3.63) is 35.0 Å². The van der Waals surface area contributed by atoms with Gasteiger partial charge in [-0.1, -0.05) is 16.8 Å². The molecule has 4 heterocycles. The predicted octanol–water partition coefficient (Wildman–Crippen LogP) is 2.19. The van der Waals surface area contributed by atoms with E-state index in [0.29, 0.717) is 28.6 Å². The van der Waals surface area contributed by atoms with Crippen LogP contribution in [0.25, 0.3) is 11.3 Å². The van der Waals surface area contributed by atoms with Gasteiger partial charge in [0.2, 0.25) is 5.76 Å². The number of hydrogen-bond donors (Lipinski definition) is 2. The van der Waals surface area contributed by atoms with Gasteiger partial charge in [0.05, 0.1) is 17.7 Å². The molecular formula is C19H22ClN3O4. The molecular weight excluding hydrogens is 370 g/mol. The van der Waals surface area contributed by atoms with Crippen LogP contribution >= 0.6 is 11.6 Å². The number of nitrogens with one attached hydrogen (secondary N) is 1. The SMILES string of the molecule is COc1ccc(Cl)c(-c2cc(C(=O)NCC3(O)CN4CCC3CC4)on2)c1. The number of benzene rings is 1. The highest BCUT2D eigenvalue weighted by Gasteiger charge is 2.45. The largest absolute Gasteiger partial charge is 0.497 e. The highest BCUT2D eigenvalue weighted by atomic mass is 35.5. The van der Waals surface area contributed by atoms with Crippen molar-refractivity contribution in [1.29, 1.82) is 0 Å². The summed E-state index contributed by atoms with van der Waals surface area (Å²) >= 11 is 6.22. The third-order valence-corrected chi connectivity index (χ3v) is 5.91. The van der Waals surface area contributed by atoms with Crippen LogP contribution in [0.15, 0.2) is 28.8 Å². The topological polar surface area (TPSA) is 87.8 Å². The lowest BCUT2D eigenvalue weighted by atomic mass is 9.75. The van der Waals surface area contributed by atoms with Crippen LogP contribution in [-0.2, 0) is 0 Å².